The monoisotopic (exact) mass is 1290 g/mol. The van der Waals surface area contributed by atoms with Crippen LogP contribution in [0, 0.1) is 11.3 Å². The average Bonchev–Trinajstić information content (AvgIpc) is 4.34. The van der Waals surface area contributed by atoms with Crippen LogP contribution in [0.15, 0.2) is 63.5 Å². The van der Waals surface area contributed by atoms with Gasteiger partial charge < -0.3 is 37.7 Å². The van der Waals surface area contributed by atoms with Crippen molar-refractivity contribution in [2.75, 3.05) is 45.8 Å². The molecule has 0 unspecified atom stereocenters. The van der Waals surface area contributed by atoms with Gasteiger partial charge in [0.2, 0.25) is 0 Å². The molecule has 3 fully saturated rings. The Labute approximate surface area is 503 Å². The van der Waals surface area contributed by atoms with Gasteiger partial charge in [-0.2, -0.15) is 5.26 Å². The lowest BCUT2D eigenvalue weighted by Crippen LogP contribution is -2.41. The van der Waals surface area contributed by atoms with Crippen molar-refractivity contribution in [2.24, 2.45) is 0 Å². The Morgan fingerprint density at radius 2 is 0.873 bits per heavy atom. The maximum Gasteiger partial charge on any atom is 0.494 e. The van der Waals surface area contributed by atoms with Crippen LogP contribution in [-0.4, -0.2) is 142 Å². The molecule has 15 nitrogen and oxygen atoms in total. The lowest BCUT2D eigenvalue weighted by Gasteiger charge is -2.32. The van der Waals surface area contributed by atoms with E-state index in [0.717, 1.165) is 71.2 Å². The number of nitrogens with zero attached hydrogens (tertiary/aromatic N) is 7. The summed E-state index contributed by atoms with van der Waals surface area (Å²) in [5, 5.41) is 9.31. The number of aromatic nitrogens is 3. The molecule has 0 saturated carbocycles. The van der Waals surface area contributed by atoms with Gasteiger partial charge in [0.15, 0.2) is 14.5 Å². The zero-order valence-corrected chi connectivity index (χ0v) is 55.5. The molecule has 0 spiro atoms. The van der Waals surface area contributed by atoms with E-state index < -0.39 is 21.1 Å². The van der Waals surface area contributed by atoms with E-state index in [0.29, 0.717) is 34.1 Å². The average molecular weight is 1290 g/mol. The second-order valence-electron chi connectivity index (χ2n) is 21.9. The van der Waals surface area contributed by atoms with Gasteiger partial charge in [0, 0.05) is 35.1 Å². The van der Waals surface area contributed by atoms with Crippen LogP contribution in [0.2, 0.25) is 4.47 Å². The highest BCUT2D eigenvalue weighted by Gasteiger charge is 2.63. The summed E-state index contributed by atoms with van der Waals surface area (Å²) in [6.45, 7) is 41.7. The fourth-order valence-corrected chi connectivity index (χ4v) is 11.9. The van der Waals surface area contributed by atoms with Gasteiger partial charge in [0.1, 0.15) is 0 Å². The minimum atomic E-state index is -0.476. The van der Waals surface area contributed by atoms with Crippen LogP contribution in [0.3, 0.4) is 0 Å². The summed E-state index contributed by atoms with van der Waals surface area (Å²) in [7, 11) is -1.36. The summed E-state index contributed by atoms with van der Waals surface area (Å²) < 4.78 is 41.9. The molecule has 0 radical (unpaired) electrons. The standard InChI is InChI=1S/C18H25BN2O3S.C12H24B2O4.C12H13BrN2OS.C7H3BrClNS.C6H12N2/c1-7-21(8-2)16(22)15-20-13-10-9-12(11-14(13)25-15)19-23-17(3,4)18(5,6)24-19;1-9(2)10(3,4)16-13(15-9)14-17-11(5,6)12(7,8)18-14;1-3-15(4-2)12(16)11-14-9-6-5-8(13)7-10(9)17-11;8-4-1-2-5-6(3-4)11-7(9)10-5;1-3-8(4-2)6-5-7/h9-11H,7-8H2,1-6H3;1-8H3;5-7H,3-4H2,1-2H3;1-3H;3-4,6H2,1-2H3. The number of rotatable bonds is 11. The van der Waals surface area contributed by atoms with Crippen molar-refractivity contribution < 1.29 is 37.5 Å². The van der Waals surface area contributed by atoms with Crippen molar-refractivity contribution in [2.45, 2.75) is 158 Å². The number of benzene rings is 3. The van der Waals surface area contributed by atoms with E-state index in [1.165, 1.54) is 34.0 Å². The summed E-state index contributed by atoms with van der Waals surface area (Å²) in [6, 6.07) is 19.8. The molecule has 2 amide bonds. The van der Waals surface area contributed by atoms with Gasteiger partial charge in [-0.15, -0.1) is 34.0 Å². The second-order valence-corrected chi connectivity index (χ2v) is 27.4. The van der Waals surface area contributed by atoms with E-state index in [1.807, 2.05) is 165 Å². The van der Waals surface area contributed by atoms with E-state index in [-0.39, 0.29) is 45.4 Å². The van der Waals surface area contributed by atoms with Crippen molar-refractivity contribution in [3.05, 3.63) is 78.0 Å². The molecule has 428 valence electrons. The van der Waals surface area contributed by atoms with Crippen molar-refractivity contribution in [3.8, 4) is 6.07 Å². The number of hydrogen-bond donors (Lipinski definition) is 0. The topological polar surface area (TPSA) is 162 Å². The van der Waals surface area contributed by atoms with Gasteiger partial charge in [0.05, 0.1) is 76.9 Å². The first kappa shape index (κ1) is 66.7. The molecule has 24 heteroatoms. The van der Waals surface area contributed by atoms with Crippen LogP contribution in [-0.2, 0) is 27.9 Å². The highest BCUT2D eigenvalue weighted by Crippen LogP contribution is 2.43. The number of carbonyl (C=O) groups is 2. The molecular weight excluding hydrogens is 1210 g/mol. The maximum absolute atomic E-state index is 12.5. The van der Waals surface area contributed by atoms with Gasteiger partial charge in [-0.25, -0.2) is 15.0 Å². The molecule has 0 aliphatic carbocycles. The summed E-state index contributed by atoms with van der Waals surface area (Å²) in [5.41, 5.74) is 1.45. The van der Waals surface area contributed by atoms with E-state index in [2.05, 4.69) is 71.6 Å². The molecule has 0 bridgehead atoms. The largest absolute Gasteiger partial charge is 0.494 e. The fraction of sp³-hybridized carbons (Fsp3) is 0.564. The molecule has 3 aromatic heterocycles. The maximum atomic E-state index is 12.5. The molecule has 3 aliphatic heterocycles. The Balaban J connectivity index is 0.000000190. The summed E-state index contributed by atoms with van der Waals surface area (Å²) in [5.74, 6) is 0.00991. The Morgan fingerprint density at radius 3 is 1.23 bits per heavy atom. The first-order valence-corrected chi connectivity index (χ1v) is 31.2. The lowest BCUT2D eigenvalue weighted by molar-refractivity contribution is 0.00578. The highest BCUT2D eigenvalue weighted by atomic mass is 79.9. The molecule has 0 atom stereocenters. The van der Waals surface area contributed by atoms with Gasteiger partial charge in [-0.05, 0) is 178 Å². The fourth-order valence-electron chi connectivity index (χ4n) is 7.86. The highest BCUT2D eigenvalue weighted by molar-refractivity contribution is 9.10. The van der Waals surface area contributed by atoms with E-state index in [9.17, 15) is 9.59 Å². The first-order valence-electron chi connectivity index (χ1n) is 26.7. The molecule has 3 saturated heterocycles. The second kappa shape index (κ2) is 27.5. The zero-order valence-electron chi connectivity index (χ0n) is 49.1. The predicted octanol–water partition coefficient (Wildman–Crippen LogP) is 13.4. The van der Waals surface area contributed by atoms with E-state index in [4.69, 9.17) is 44.8 Å². The Kier molecular flexibility index (Phi) is 23.3. The molecule has 3 aliphatic rings. The van der Waals surface area contributed by atoms with Gasteiger partial charge in [0.25, 0.3) is 11.8 Å². The number of hydrogen-bond acceptors (Lipinski definition) is 16. The van der Waals surface area contributed by atoms with Crippen molar-refractivity contribution >= 4 is 147 Å². The molecule has 6 heterocycles. The molecule has 79 heavy (non-hydrogen) atoms. The minimum absolute atomic E-state index is 0.0108. The van der Waals surface area contributed by atoms with Crippen molar-refractivity contribution in [1.29, 1.82) is 5.26 Å². The van der Waals surface area contributed by atoms with E-state index in [1.54, 1.807) is 9.80 Å². The minimum Gasteiger partial charge on any atom is -0.405 e. The Bertz CT molecular complexity index is 2990. The third-order valence-electron chi connectivity index (χ3n) is 15.0. The van der Waals surface area contributed by atoms with Gasteiger partial charge >= 0.3 is 21.1 Å². The molecule has 3 aromatic carbocycles. The van der Waals surface area contributed by atoms with Crippen LogP contribution >= 0.6 is 77.5 Å². The quantitative estimate of drug-likeness (QED) is 0.0891. The number of fused-ring (bicyclic) bond motifs is 3. The molecule has 6 aromatic rings. The van der Waals surface area contributed by atoms with Crippen LogP contribution in [0.1, 0.15) is 144 Å². The van der Waals surface area contributed by atoms with Gasteiger partial charge in [-0.3, -0.25) is 14.5 Å². The number of nitriles is 1. The number of thiazole rings is 3. The smallest absolute Gasteiger partial charge is 0.405 e. The zero-order chi connectivity index (χ0) is 59.1. The van der Waals surface area contributed by atoms with Gasteiger partial charge in [-0.1, -0.05) is 63.4 Å². The van der Waals surface area contributed by atoms with Crippen LogP contribution in [0.4, 0.5) is 0 Å². The molecule has 9 rings (SSSR count). The van der Waals surface area contributed by atoms with Crippen LogP contribution in [0.25, 0.3) is 30.6 Å². The summed E-state index contributed by atoms with van der Waals surface area (Å²) in [6.07, 6.45) is 0. The van der Waals surface area contributed by atoms with Crippen molar-refractivity contribution in [1.82, 2.24) is 29.7 Å². The predicted molar refractivity (Wildman–Crippen MR) is 335 cm³/mol. The summed E-state index contributed by atoms with van der Waals surface area (Å²) >= 11 is 16.9. The number of amides is 2. The van der Waals surface area contributed by atoms with Crippen molar-refractivity contribution in [3.63, 3.8) is 0 Å². The van der Waals surface area contributed by atoms with Crippen LogP contribution in [0.5, 0.6) is 0 Å². The normalized spacial score (nSPS) is 18.0. The molecular formula is C55H77B3Br2ClN7O8S3. The Hall–Kier alpha value is -3.08. The number of halogens is 3. The number of carbonyl (C=O) groups excluding carboxylic acids is 2. The van der Waals surface area contributed by atoms with Crippen LogP contribution < -0.4 is 5.46 Å². The third kappa shape index (κ3) is 16.4. The third-order valence-corrected chi connectivity index (χ3v) is 19.2. The van der Waals surface area contributed by atoms with E-state index >= 15 is 0 Å². The first-order chi connectivity index (χ1) is 36.8. The lowest BCUT2D eigenvalue weighted by atomic mass is 9.49. The molecule has 0 N–H and O–H groups in total. The summed E-state index contributed by atoms with van der Waals surface area (Å²) in [4.78, 5) is 43.3. The SMILES string of the molecule is CC1(C)OB(B2OC(C)(C)C(C)(C)O2)OC1(C)C.CCN(CC)C(=O)c1nc2ccc(B3OC(C)(C)C(C)(C)O3)cc2s1.CCN(CC)C(=O)c1nc2ccc(Br)cc2s1.CCN(CC)CC#N.Clc1nc2ccc(Br)cc2s1. The Morgan fingerprint density at radius 1 is 0.532 bits per heavy atom.